The van der Waals surface area contributed by atoms with Gasteiger partial charge in [0.25, 0.3) is 5.91 Å². The summed E-state index contributed by atoms with van der Waals surface area (Å²) in [5, 5.41) is 11.0. The van der Waals surface area contributed by atoms with Gasteiger partial charge < -0.3 is 9.84 Å². The zero-order chi connectivity index (χ0) is 21.3. The lowest BCUT2D eigenvalue weighted by atomic mass is 10.1. The maximum Gasteiger partial charge on any atom is 0.277 e. The Balaban J connectivity index is 1.53. The number of hydrogen-bond acceptors (Lipinski definition) is 4. The summed E-state index contributed by atoms with van der Waals surface area (Å²) >= 11 is 0. The summed E-state index contributed by atoms with van der Waals surface area (Å²) in [5.74, 6) is -0.797. The summed E-state index contributed by atoms with van der Waals surface area (Å²) in [4.78, 5) is 12.6. The van der Waals surface area contributed by atoms with Gasteiger partial charge in [-0.05, 0) is 44.2 Å². The average molecular weight is 408 g/mol. The molecule has 0 radical (unpaired) electrons. The molecule has 0 aliphatic heterocycles. The molecule has 1 amide bonds. The summed E-state index contributed by atoms with van der Waals surface area (Å²) in [6, 6.07) is 13.6. The SMILES string of the molecule is Cc1nn(Cc2ccccc2F)c(C)c1NC(=O)c1cc(-c2ccc(F)cc2)on1. The highest BCUT2D eigenvalue weighted by molar-refractivity contribution is 6.03. The number of anilines is 1. The maximum absolute atomic E-state index is 14.0. The first kappa shape index (κ1) is 19.5. The zero-order valence-electron chi connectivity index (χ0n) is 16.3. The normalized spacial score (nSPS) is 10.9. The first-order chi connectivity index (χ1) is 14.4. The molecule has 8 heteroatoms. The third-order valence-corrected chi connectivity index (χ3v) is 4.77. The van der Waals surface area contributed by atoms with Crippen LogP contribution in [0.4, 0.5) is 14.5 Å². The molecule has 0 unspecified atom stereocenters. The van der Waals surface area contributed by atoms with Gasteiger partial charge in [-0.1, -0.05) is 23.4 Å². The number of nitrogens with one attached hydrogen (secondary N) is 1. The zero-order valence-corrected chi connectivity index (χ0v) is 16.3. The van der Waals surface area contributed by atoms with E-state index in [1.165, 1.54) is 24.3 Å². The molecule has 4 rings (SSSR count). The van der Waals surface area contributed by atoms with Crippen molar-refractivity contribution >= 4 is 11.6 Å². The monoisotopic (exact) mass is 408 g/mol. The molecule has 30 heavy (non-hydrogen) atoms. The summed E-state index contributed by atoms with van der Waals surface area (Å²) < 4.78 is 33.9. The van der Waals surface area contributed by atoms with E-state index in [0.29, 0.717) is 34.0 Å². The second-order valence-electron chi connectivity index (χ2n) is 6.83. The molecule has 0 fully saturated rings. The van der Waals surface area contributed by atoms with Gasteiger partial charge in [-0.15, -0.1) is 0 Å². The van der Waals surface area contributed by atoms with Gasteiger partial charge in [0.15, 0.2) is 11.5 Å². The van der Waals surface area contributed by atoms with Crippen LogP contribution in [0.5, 0.6) is 0 Å². The van der Waals surface area contributed by atoms with Crippen molar-refractivity contribution in [2.24, 2.45) is 0 Å². The lowest BCUT2D eigenvalue weighted by molar-refractivity contribution is 0.101. The van der Waals surface area contributed by atoms with Gasteiger partial charge in [0.05, 0.1) is 23.6 Å². The fourth-order valence-electron chi connectivity index (χ4n) is 3.13. The number of nitrogens with zero attached hydrogens (tertiary/aromatic N) is 3. The second-order valence-corrected chi connectivity index (χ2v) is 6.83. The predicted octanol–water partition coefficient (Wildman–Crippen LogP) is 4.73. The van der Waals surface area contributed by atoms with E-state index >= 15 is 0 Å². The van der Waals surface area contributed by atoms with E-state index in [1.54, 1.807) is 48.9 Å². The van der Waals surface area contributed by atoms with Crippen molar-refractivity contribution < 1.29 is 18.1 Å². The first-order valence-electron chi connectivity index (χ1n) is 9.24. The van der Waals surface area contributed by atoms with E-state index < -0.39 is 5.91 Å². The topological polar surface area (TPSA) is 73.0 Å². The number of benzene rings is 2. The van der Waals surface area contributed by atoms with Crippen LogP contribution in [0.15, 0.2) is 59.1 Å². The fraction of sp³-hybridized carbons (Fsp3) is 0.136. The summed E-state index contributed by atoms with van der Waals surface area (Å²) in [5.41, 5.74) is 3.00. The molecule has 0 aliphatic rings. The number of amides is 1. The van der Waals surface area contributed by atoms with E-state index in [4.69, 9.17) is 4.52 Å². The summed E-state index contributed by atoms with van der Waals surface area (Å²) in [7, 11) is 0. The predicted molar refractivity (Wildman–Crippen MR) is 107 cm³/mol. The van der Waals surface area contributed by atoms with Gasteiger partial charge in [-0.2, -0.15) is 5.10 Å². The molecule has 0 spiro atoms. The molecule has 0 saturated heterocycles. The second kappa shape index (κ2) is 7.90. The van der Waals surface area contributed by atoms with Gasteiger partial charge >= 0.3 is 0 Å². The first-order valence-corrected chi connectivity index (χ1v) is 9.24. The Hall–Kier alpha value is -3.81. The van der Waals surface area contributed by atoms with Crippen molar-refractivity contribution in [2.75, 3.05) is 5.32 Å². The van der Waals surface area contributed by atoms with Gasteiger partial charge in [0.1, 0.15) is 11.6 Å². The fourth-order valence-corrected chi connectivity index (χ4v) is 3.13. The Morgan fingerprint density at radius 3 is 2.57 bits per heavy atom. The number of carbonyl (C=O) groups is 1. The number of carbonyl (C=O) groups excluding carboxylic acids is 1. The molecule has 6 nitrogen and oxygen atoms in total. The minimum Gasteiger partial charge on any atom is -0.355 e. The molecule has 0 atom stereocenters. The molecular formula is C22H18F2N4O2. The van der Waals surface area contributed by atoms with Crippen molar-refractivity contribution in [1.82, 2.24) is 14.9 Å². The Kier molecular flexibility index (Phi) is 5.14. The van der Waals surface area contributed by atoms with Crippen molar-refractivity contribution in [3.63, 3.8) is 0 Å². The molecule has 4 aromatic rings. The van der Waals surface area contributed by atoms with Crippen LogP contribution in [0.2, 0.25) is 0 Å². The van der Waals surface area contributed by atoms with Crippen molar-refractivity contribution in [3.05, 3.63) is 88.9 Å². The molecule has 2 heterocycles. The average Bonchev–Trinajstić information content (AvgIpc) is 3.32. The van der Waals surface area contributed by atoms with E-state index in [1.807, 2.05) is 0 Å². The highest BCUT2D eigenvalue weighted by Gasteiger charge is 2.19. The van der Waals surface area contributed by atoms with Gasteiger partial charge in [0, 0.05) is 17.2 Å². The minimum atomic E-state index is -0.469. The quantitative estimate of drug-likeness (QED) is 0.518. The lowest BCUT2D eigenvalue weighted by Gasteiger charge is -2.07. The van der Waals surface area contributed by atoms with E-state index in [9.17, 15) is 13.6 Å². The molecule has 0 bridgehead atoms. The van der Waals surface area contributed by atoms with Crippen LogP contribution < -0.4 is 5.32 Å². The highest BCUT2D eigenvalue weighted by atomic mass is 19.1. The largest absolute Gasteiger partial charge is 0.355 e. The number of aromatic nitrogens is 3. The van der Waals surface area contributed by atoms with Gasteiger partial charge in [0.2, 0.25) is 0 Å². The molecule has 2 aromatic carbocycles. The highest BCUT2D eigenvalue weighted by Crippen LogP contribution is 2.24. The third-order valence-electron chi connectivity index (χ3n) is 4.77. The Morgan fingerprint density at radius 1 is 1.10 bits per heavy atom. The molecule has 152 valence electrons. The number of hydrogen-bond donors (Lipinski definition) is 1. The summed E-state index contributed by atoms with van der Waals surface area (Å²) in [6.45, 7) is 3.80. The number of aryl methyl sites for hydroxylation is 1. The standard InChI is InChI=1S/C22H18F2N4O2/c1-13-21(14(2)28(26-13)12-16-5-3-4-6-18(16)24)25-22(29)19-11-20(30-27-19)15-7-9-17(23)10-8-15/h3-11H,12H2,1-2H3,(H,25,29). The molecular weight excluding hydrogens is 390 g/mol. The molecule has 2 aromatic heterocycles. The van der Waals surface area contributed by atoms with Crippen LogP contribution in [0.1, 0.15) is 27.4 Å². The van der Waals surface area contributed by atoms with Crippen LogP contribution in [0.3, 0.4) is 0 Å². The maximum atomic E-state index is 14.0. The Morgan fingerprint density at radius 2 is 1.83 bits per heavy atom. The molecule has 0 saturated carbocycles. The minimum absolute atomic E-state index is 0.0787. The molecule has 0 aliphatic carbocycles. The lowest BCUT2D eigenvalue weighted by Crippen LogP contribution is -2.13. The van der Waals surface area contributed by atoms with Gasteiger partial charge in [-0.25, -0.2) is 8.78 Å². The Bertz CT molecular complexity index is 1210. The third kappa shape index (κ3) is 3.84. The van der Waals surface area contributed by atoms with Crippen LogP contribution in [0.25, 0.3) is 11.3 Å². The number of rotatable bonds is 5. The van der Waals surface area contributed by atoms with E-state index in [0.717, 1.165) is 0 Å². The van der Waals surface area contributed by atoms with Gasteiger partial charge in [-0.3, -0.25) is 9.48 Å². The molecule has 1 N–H and O–H groups in total. The van der Waals surface area contributed by atoms with Crippen molar-refractivity contribution in [3.8, 4) is 11.3 Å². The number of halogens is 2. The summed E-state index contributed by atoms with van der Waals surface area (Å²) in [6.07, 6.45) is 0. The smallest absolute Gasteiger partial charge is 0.277 e. The van der Waals surface area contributed by atoms with Crippen LogP contribution in [-0.4, -0.2) is 20.8 Å². The van der Waals surface area contributed by atoms with Crippen molar-refractivity contribution in [2.45, 2.75) is 20.4 Å². The van der Waals surface area contributed by atoms with Crippen LogP contribution in [0, 0.1) is 25.5 Å². The van der Waals surface area contributed by atoms with E-state index in [-0.39, 0.29) is 23.9 Å². The van der Waals surface area contributed by atoms with Crippen LogP contribution in [-0.2, 0) is 6.54 Å². The van der Waals surface area contributed by atoms with E-state index in [2.05, 4.69) is 15.6 Å². The Labute approximate surface area is 171 Å². The van der Waals surface area contributed by atoms with Crippen molar-refractivity contribution in [1.29, 1.82) is 0 Å². The van der Waals surface area contributed by atoms with Crippen LogP contribution >= 0.6 is 0 Å².